The molecule has 0 saturated carbocycles. The second kappa shape index (κ2) is 8.95. The van der Waals surface area contributed by atoms with Crippen LogP contribution >= 0.6 is 0 Å². The van der Waals surface area contributed by atoms with Crippen molar-refractivity contribution in [3.05, 3.63) is 59.3 Å². The number of halogens is 3. The average Bonchev–Trinajstić information content (AvgIpc) is 2.69. The van der Waals surface area contributed by atoms with Crippen molar-refractivity contribution in [1.82, 2.24) is 15.6 Å². The number of urea groups is 1. The predicted molar refractivity (Wildman–Crippen MR) is 98.1 cm³/mol. The highest BCUT2D eigenvalue weighted by atomic mass is 19.4. The fraction of sp³-hybridized carbons (Fsp3) is 0.400. The number of carbonyl (C=O) groups excluding carboxylic acids is 1. The van der Waals surface area contributed by atoms with Crippen LogP contribution in [0.1, 0.15) is 35.4 Å². The number of hydrogen-bond acceptors (Lipinski definition) is 3. The molecule has 0 fully saturated rings. The van der Waals surface area contributed by atoms with Crippen molar-refractivity contribution in [1.29, 1.82) is 0 Å². The summed E-state index contributed by atoms with van der Waals surface area (Å²) >= 11 is 0. The summed E-state index contributed by atoms with van der Waals surface area (Å²) in [6.45, 7) is -0.697. The predicted octanol–water partition coefficient (Wildman–Crippen LogP) is 3.94. The van der Waals surface area contributed by atoms with Crippen LogP contribution in [0.4, 0.5) is 18.0 Å². The minimum Gasteiger partial charge on any atom is -0.468 e. The molecule has 0 bridgehead atoms. The summed E-state index contributed by atoms with van der Waals surface area (Å²) in [7, 11) is 0. The Morgan fingerprint density at radius 3 is 2.86 bits per heavy atom. The first kappa shape index (κ1) is 20.0. The second-order valence-electron chi connectivity index (χ2n) is 6.76. The van der Waals surface area contributed by atoms with Gasteiger partial charge < -0.3 is 15.4 Å². The highest BCUT2D eigenvalue weighted by Crippen LogP contribution is 2.30. The van der Waals surface area contributed by atoms with E-state index in [2.05, 4.69) is 32.5 Å². The molecule has 0 radical (unpaired) electrons. The third-order valence-corrected chi connectivity index (χ3v) is 4.64. The summed E-state index contributed by atoms with van der Waals surface area (Å²) in [5, 5.41) is 5.58. The van der Waals surface area contributed by atoms with Crippen LogP contribution in [0.3, 0.4) is 0 Å². The van der Waals surface area contributed by atoms with Gasteiger partial charge in [0.05, 0.1) is 0 Å². The number of aryl methyl sites for hydroxylation is 1. The van der Waals surface area contributed by atoms with Crippen LogP contribution in [0, 0.1) is 0 Å². The van der Waals surface area contributed by atoms with Crippen LogP contribution < -0.4 is 15.4 Å². The number of benzene rings is 1. The van der Waals surface area contributed by atoms with Crippen molar-refractivity contribution in [2.45, 2.75) is 37.9 Å². The maximum Gasteiger partial charge on any atom is 0.422 e. The van der Waals surface area contributed by atoms with Gasteiger partial charge in [0, 0.05) is 31.3 Å². The first-order valence-electron chi connectivity index (χ1n) is 9.15. The van der Waals surface area contributed by atoms with E-state index in [1.54, 1.807) is 6.07 Å². The lowest BCUT2D eigenvalue weighted by molar-refractivity contribution is -0.154. The highest BCUT2D eigenvalue weighted by Gasteiger charge is 2.28. The monoisotopic (exact) mass is 393 g/mol. The summed E-state index contributed by atoms with van der Waals surface area (Å²) in [6.07, 6.45) is 0.122. The van der Waals surface area contributed by atoms with Gasteiger partial charge in [0.2, 0.25) is 5.88 Å². The van der Waals surface area contributed by atoms with E-state index in [1.165, 1.54) is 23.4 Å². The third kappa shape index (κ3) is 5.87. The molecule has 5 nitrogen and oxygen atoms in total. The molecule has 1 atom stereocenters. The number of ether oxygens (including phenoxy) is 1. The first-order chi connectivity index (χ1) is 13.4. The number of nitrogens with zero attached hydrogens (tertiary/aromatic N) is 1. The van der Waals surface area contributed by atoms with Gasteiger partial charge in [-0.15, -0.1) is 0 Å². The third-order valence-electron chi connectivity index (χ3n) is 4.64. The van der Waals surface area contributed by atoms with Crippen LogP contribution in [-0.2, 0) is 13.0 Å². The molecule has 28 heavy (non-hydrogen) atoms. The normalized spacial score (nSPS) is 16.2. The summed E-state index contributed by atoms with van der Waals surface area (Å²) in [5.74, 6) is 0.162. The van der Waals surface area contributed by atoms with E-state index in [4.69, 9.17) is 0 Å². The number of pyridine rings is 1. The molecule has 8 heteroatoms. The average molecular weight is 393 g/mol. The largest absolute Gasteiger partial charge is 0.468 e. The summed E-state index contributed by atoms with van der Waals surface area (Å²) in [5.41, 5.74) is 3.23. The van der Waals surface area contributed by atoms with Crippen LogP contribution in [0.15, 0.2) is 42.6 Å². The number of amides is 2. The molecule has 2 N–H and O–H groups in total. The molecule has 150 valence electrons. The number of rotatable bonds is 6. The zero-order chi connectivity index (χ0) is 20.0. The first-order valence-corrected chi connectivity index (χ1v) is 9.15. The van der Waals surface area contributed by atoms with Gasteiger partial charge >= 0.3 is 12.2 Å². The summed E-state index contributed by atoms with van der Waals surface area (Å²) in [4.78, 5) is 15.8. The number of hydrogen-bond donors (Lipinski definition) is 2. The van der Waals surface area contributed by atoms with Crippen molar-refractivity contribution in [2.24, 2.45) is 0 Å². The lowest BCUT2D eigenvalue weighted by Gasteiger charge is -2.25. The molecule has 0 saturated heterocycles. The number of alkyl halides is 3. The topological polar surface area (TPSA) is 63.2 Å². The zero-order valence-electron chi connectivity index (χ0n) is 15.3. The van der Waals surface area contributed by atoms with Crippen molar-refractivity contribution < 1.29 is 22.7 Å². The van der Waals surface area contributed by atoms with Gasteiger partial charge in [-0.2, -0.15) is 13.2 Å². The van der Waals surface area contributed by atoms with Crippen molar-refractivity contribution in [3.8, 4) is 5.88 Å². The standard InChI is InChI=1S/C20H22F3N3O2/c21-20(22,23)13-28-18-10-14(8-9-24-18)11-25-19(27)26-12-16-6-3-5-15-4-1-2-7-17(15)16/h1-2,4,7-10,16H,3,5-6,11-13H2,(H2,25,26,27). The summed E-state index contributed by atoms with van der Waals surface area (Å²) in [6, 6.07) is 10.9. The summed E-state index contributed by atoms with van der Waals surface area (Å²) < 4.78 is 41.2. The molecule has 1 aromatic carbocycles. The quantitative estimate of drug-likeness (QED) is 0.781. The molecule has 1 heterocycles. The number of nitrogens with one attached hydrogen (secondary N) is 2. The second-order valence-corrected chi connectivity index (χ2v) is 6.76. The molecular weight excluding hydrogens is 371 g/mol. The van der Waals surface area contributed by atoms with Gasteiger partial charge in [-0.3, -0.25) is 0 Å². The Morgan fingerprint density at radius 2 is 2.04 bits per heavy atom. The van der Waals surface area contributed by atoms with Crippen LogP contribution in [0.25, 0.3) is 0 Å². The van der Waals surface area contributed by atoms with E-state index in [0.717, 1.165) is 19.3 Å². The minimum atomic E-state index is -4.42. The Labute approximate surface area is 161 Å². The number of aromatic nitrogens is 1. The van der Waals surface area contributed by atoms with Gasteiger partial charge in [0.25, 0.3) is 0 Å². The zero-order valence-corrected chi connectivity index (χ0v) is 15.3. The van der Waals surface area contributed by atoms with Crippen LogP contribution in [-0.4, -0.2) is 30.3 Å². The van der Waals surface area contributed by atoms with E-state index in [1.807, 2.05) is 12.1 Å². The Morgan fingerprint density at radius 1 is 1.21 bits per heavy atom. The van der Waals surface area contributed by atoms with Crippen molar-refractivity contribution >= 4 is 6.03 Å². The Balaban J connectivity index is 1.46. The molecule has 1 aliphatic rings. The van der Waals surface area contributed by atoms with E-state index < -0.39 is 12.8 Å². The van der Waals surface area contributed by atoms with Crippen molar-refractivity contribution in [3.63, 3.8) is 0 Å². The van der Waals surface area contributed by atoms with Gasteiger partial charge in [-0.1, -0.05) is 24.3 Å². The number of fused-ring (bicyclic) bond motifs is 1. The lowest BCUT2D eigenvalue weighted by Crippen LogP contribution is -2.38. The lowest BCUT2D eigenvalue weighted by atomic mass is 9.83. The fourth-order valence-electron chi connectivity index (χ4n) is 3.32. The van der Waals surface area contributed by atoms with E-state index in [9.17, 15) is 18.0 Å². The molecule has 1 aliphatic carbocycles. The Kier molecular flexibility index (Phi) is 6.38. The van der Waals surface area contributed by atoms with Crippen LogP contribution in [0.5, 0.6) is 5.88 Å². The molecule has 1 unspecified atom stereocenters. The maximum atomic E-state index is 12.2. The van der Waals surface area contributed by atoms with Gasteiger partial charge in [-0.05, 0) is 42.0 Å². The molecule has 0 spiro atoms. The minimum absolute atomic E-state index is 0.129. The fourth-order valence-corrected chi connectivity index (χ4v) is 3.32. The van der Waals surface area contributed by atoms with E-state index >= 15 is 0 Å². The molecular formula is C20H22F3N3O2. The van der Waals surface area contributed by atoms with Gasteiger partial charge in [-0.25, -0.2) is 9.78 Å². The highest BCUT2D eigenvalue weighted by molar-refractivity contribution is 5.73. The van der Waals surface area contributed by atoms with Gasteiger partial charge in [0.15, 0.2) is 6.61 Å². The molecule has 3 rings (SSSR count). The maximum absolute atomic E-state index is 12.2. The van der Waals surface area contributed by atoms with Crippen LogP contribution in [0.2, 0.25) is 0 Å². The number of carbonyl (C=O) groups is 1. The smallest absolute Gasteiger partial charge is 0.422 e. The molecule has 2 amide bonds. The van der Waals surface area contributed by atoms with E-state index in [-0.39, 0.29) is 18.5 Å². The van der Waals surface area contributed by atoms with Crippen molar-refractivity contribution in [2.75, 3.05) is 13.2 Å². The van der Waals surface area contributed by atoms with Gasteiger partial charge in [0.1, 0.15) is 0 Å². The molecule has 1 aromatic heterocycles. The molecule has 0 aliphatic heterocycles. The Hall–Kier alpha value is -2.77. The SMILES string of the molecule is O=C(NCc1ccnc(OCC(F)(F)F)c1)NCC1CCCc2ccccc21. The Bertz CT molecular complexity index is 811. The van der Waals surface area contributed by atoms with E-state index in [0.29, 0.717) is 18.0 Å². The molecule has 2 aromatic rings.